The molecule has 0 saturated carbocycles. The Morgan fingerprint density at radius 3 is 2.53 bits per heavy atom. The van der Waals surface area contributed by atoms with Gasteiger partial charge < -0.3 is 39.7 Å². The molecular formula is C11H16IN4O13P3. The first-order valence-electron chi connectivity index (χ1n) is 8.24. The third-order valence-corrected chi connectivity index (χ3v) is 8.61. The van der Waals surface area contributed by atoms with E-state index in [0.717, 1.165) is 0 Å². The number of nitrogens with zero attached hydrogens (tertiary/aromatic N) is 2. The third-order valence-electron chi connectivity index (χ3n) is 3.99. The van der Waals surface area contributed by atoms with Crippen molar-refractivity contribution >= 4 is 63.0 Å². The summed E-state index contributed by atoms with van der Waals surface area (Å²) < 4.78 is 53.0. The zero-order valence-corrected chi connectivity index (χ0v) is 20.3. The van der Waals surface area contributed by atoms with Gasteiger partial charge in [0, 0.05) is 16.2 Å². The van der Waals surface area contributed by atoms with E-state index in [-0.39, 0.29) is 23.4 Å². The fourth-order valence-electron chi connectivity index (χ4n) is 2.85. The van der Waals surface area contributed by atoms with Gasteiger partial charge in [-0.3, -0.25) is 14.3 Å². The van der Waals surface area contributed by atoms with Crippen molar-refractivity contribution in [3.8, 4) is 0 Å². The smallest absolute Gasteiger partial charge is 0.390 e. The second-order valence-electron chi connectivity index (χ2n) is 6.35. The number of hydrogen-bond donors (Lipinski definition) is 7. The predicted molar refractivity (Wildman–Crippen MR) is 112 cm³/mol. The zero-order chi connectivity index (χ0) is 24.1. The quantitative estimate of drug-likeness (QED) is 0.148. The van der Waals surface area contributed by atoms with Gasteiger partial charge >= 0.3 is 23.5 Å². The van der Waals surface area contributed by atoms with Crippen molar-refractivity contribution in [3.63, 3.8) is 0 Å². The van der Waals surface area contributed by atoms with Crippen LogP contribution in [0.2, 0.25) is 0 Å². The highest BCUT2D eigenvalue weighted by atomic mass is 127. The first-order chi connectivity index (χ1) is 14.6. The summed E-state index contributed by atoms with van der Waals surface area (Å²) in [7, 11) is -16.6. The molecule has 3 heterocycles. The van der Waals surface area contributed by atoms with E-state index in [1.54, 1.807) is 0 Å². The van der Waals surface area contributed by atoms with Crippen LogP contribution in [-0.2, 0) is 31.6 Å². The SMILES string of the molecule is Nc1nc2c(c(I)cn2C2C[C@H](O)[C@@H](COP(=O)(O)OP(=O)(O)OP(=O)(O)O)O2)c(=O)[nH]1. The summed E-state index contributed by atoms with van der Waals surface area (Å²) in [5, 5.41) is 10.4. The molecule has 0 spiro atoms. The number of fused-ring (bicyclic) bond motifs is 1. The topological polar surface area (TPSA) is 266 Å². The number of hydrogen-bond acceptors (Lipinski definition) is 11. The minimum Gasteiger partial charge on any atom is -0.390 e. The Labute approximate surface area is 191 Å². The number of anilines is 1. The molecular weight excluding hydrogens is 616 g/mol. The average molecular weight is 632 g/mol. The lowest BCUT2D eigenvalue weighted by Crippen LogP contribution is -2.26. The summed E-state index contributed by atoms with van der Waals surface area (Å²) in [5.74, 6) is -0.152. The number of aromatic nitrogens is 3. The molecule has 180 valence electrons. The fraction of sp³-hybridized carbons (Fsp3) is 0.455. The summed E-state index contributed by atoms with van der Waals surface area (Å²) in [6.07, 6.45) is -1.91. The number of nitrogens with one attached hydrogen (secondary N) is 1. The van der Waals surface area contributed by atoms with Crippen LogP contribution < -0.4 is 11.3 Å². The van der Waals surface area contributed by atoms with Crippen LogP contribution in [0.4, 0.5) is 5.95 Å². The van der Waals surface area contributed by atoms with E-state index in [4.69, 9.17) is 25.2 Å². The second kappa shape index (κ2) is 9.14. The third kappa shape index (κ3) is 6.24. The van der Waals surface area contributed by atoms with Gasteiger partial charge in [0.25, 0.3) is 5.56 Å². The number of aromatic amines is 1. The van der Waals surface area contributed by atoms with Crippen molar-refractivity contribution in [3.05, 3.63) is 20.1 Å². The number of rotatable bonds is 8. The van der Waals surface area contributed by atoms with E-state index < -0.39 is 54.1 Å². The highest BCUT2D eigenvalue weighted by molar-refractivity contribution is 14.1. The molecule has 2 aromatic heterocycles. The summed E-state index contributed by atoms with van der Waals surface area (Å²) >= 11 is 1.89. The van der Waals surface area contributed by atoms with Crippen LogP contribution in [0.5, 0.6) is 0 Å². The van der Waals surface area contributed by atoms with Gasteiger partial charge in [0.2, 0.25) is 5.95 Å². The zero-order valence-electron chi connectivity index (χ0n) is 15.4. The van der Waals surface area contributed by atoms with E-state index in [1.807, 2.05) is 22.6 Å². The Morgan fingerprint density at radius 1 is 1.25 bits per heavy atom. The van der Waals surface area contributed by atoms with Gasteiger partial charge in [-0.15, -0.1) is 0 Å². The molecule has 1 fully saturated rings. The van der Waals surface area contributed by atoms with Crippen molar-refractivity contribution in [1.29, 1.82) is 0 Å². The first kappa shape index (κ1) is 25.9. The number of H-pyrrole nitrogens is 1. The lowest BCUT2D eigenvalue weighted by molar-refractivity contribution is -0.0422. The number of halogens is 1. The maximum Gasteiger partial charge on any atom is 0.490 e. The predicted octanol–water partition coefficient (Wildman–Crippen LogP) is -0.0969. The number of nitrogens with two attached hydrogens (primary N) is 1. The van der Waals surface area contributed by atoms with E-state index >= 15 is 0 Å². The molecule has 0 amide bonds. The number of phosphoric ester groups is 1. The molecule has 3 unspecified atom stereocenters. The van der Waals surface area contributed by atoms with Crippen LogP contribution in [0.25, 0.3) is 11.0 Å². The van der Waals surface area contributed by atoms with E-state index in [1.165, 1.54) is 10.8 Å². The molecule has 5 atom stereocenters. The van der Waals surface area contributed by atoms with Crippen LogP contribution in [-0.4, -0.2) is 58.0 Å². The van der Waals surface area contributed by atoms with E-state index in [0.29, 0.717) is 3.57 Å². The molecule has 1 aliphatic rings. The average Bonchev–Trinajstić information content (AvgIpc) is 3.09. The number of aliphatic hydroxyl groups is 1. The molecule has 3 rings (SSSR count). The number of ether oxygens (including phenoxy) is 1. The van der Waals surface area contributed by atoms with Gasteiger partial charge in [-0.1, -0.05) is 0 Å². The molecule has 0 bridgehead atoms. The summed E-state index contributed by atoms with van der Waals surface area (Å²) in [5.41, 5.74) is 5.25. The standard InChI is InChI=1S/C11H16IN4O13P3/c12-4-2-16(9-8(4)10(18)15-11(13)14-9)7-1-5(17)6(27-7)3-26-31(22,23)29-32(24,25)28-30(19,20)21/h2,5-7,17H,1,3H2,(H,22,23)(H,24,25)(H2,19,20,21)(H3,13,14,15,18)/t5-,6+,7?/m0/s1. The highest BCUT2D eigenvalue weighted by Gasteiger charge is 2.43. The normalized spacial score (nSPS) is 25.6. The van der Waals surface area contributed by atoms with E-state index in [9.17, 15) is 28.5 Å². The molecule has 1 aliphatic heterocycles. The van der Waals surface area contributed by atoms with Crippen molar-refractivity contribution in [2.45, 2.75) is 24.9 Å². The minimum absolute atomic E-state index is 0.0569. The van der Waals surface area contributed by atoms with Gasteiger partial charge in [0.05, 0.1) is 18.1 Å². The van der Waals surface area contributed by atoms with Crippen molar-refractivity contribution in [2.24, 2.45) is 0 Å². The Morgan fingerprint density at radius 2 is 1.91 bits per heavy atom. The van der Waals surface area contributed by atoms with Gasteiger partial charge in [-0.2, -0.15) is 13.6 Å². The highest BCUT2D eigenvalue weighted by Crippen LogP contribution is 2.66. The Kier molecular flexibility index (Phi) is 7.40. The molecule has 21 heteroatoms. The monoisotopic (exact) mass is 632 g/mol. The van der Waals surface area contributed by atoms with Gasteiger partial charge in [0.1, 0.15) is 12.3 Å². The Balaban J connectivity index is 1.71. The van der Waals surface area contributed by atoms with Gasteiger partial charge in [-0.05, 0) is 22.6 Å². The summed E-state index contributed by atoms with van der Waals surface area (Å²) in [6, 6.07) is 0. The Hall–Kier alpha value is -0.720. The molecule has 8 N–H and O–H groups in total. The van der Waals surface area contributed by atoms with Crippen LogP contribution in [0.3, 0.4) is 0 Å². The summed E-state index contributed by atoms with van der Waals surface area (Å²) in [4.78, 5) is 54.2. The van der Waals surface area contributed by atoms with Gasteiger partial charge in [-0.25, -0.2) is 13.7 Å². The lowest BCUT2D eigenvalue weighted by Gasteiger charge is -2.19. The summed E-state index contributed by atoms with van der Waals surface area (Å²) in [6.45, 7) is -0.826. The van der Waals surface area contributed by atoms with Crippen LogP contribution in [0.1, 0.15) is 12.6 Å². The first-order valence-corrected chi connectivity index (χ1v) is 13.8. The second-order valence-corrected chi connectivity index (χ2v) is 11.9. The van der Waals surface area contributed by atoms with Crippen molar-refractivity contribution in [1.82, 2.24) is 14.5 Å². The maximum atomic E-state index is 12.1. The molecule has 32 heavy (non-hydrogen) atoms. The molecule has 2 aromatic rings. The molecule has 0 aromatic carbocycles. The fourth-order valence-corrected chi connectivity index (χ4v) is 6.67. The van der Waals surface area contributed by atoms with Gasteiger partial charge in [0.15, 0.2) is 5.65 Å². The van der Waals surface area contributed by atoms with Crippen LogP contribution in [0.15, 0.2) is 11.0 Å². The maximum absolute atomic E-state index is 12.1. The van der Waals surface area contributed by atoms with Crippen molar-refractivity contribution < 1.29 is 56.3 Å². The lowest BCUT2D eigenvalue weighted by atomic mass is 10.2. The minimum atomic E-state index is -5.67. The molecule has 17 nitrogen and oxygen atoms in total. The van der Waals surface area contributed by atoms with Crippen LogP contribution in [0, 0.1) is 3.57 Å². The molecule has 0 radical (unpaired) electrons. The number of nitrogen functional groups attached to an aromatic ring is 1. The number of aliphatic hydroxyl groups excluding tert-OH is 1. The van der Waals surface area contributed by atoms with Crippen molar-refractivity contribution in [2.75, 3.05) is 12.3 Å². The van der Waals surface area contributed by atoms with E-state index in [2.05, 4.69) is 23.1 Å². The number of phosphoric acid groups is 3. The largest absolute Gasteiger partial charge is 0.490 e. The molecule has 1 saturated heterocycles. The Bertz CT molecular complexity index is 1230. The molecule has 0 aliphatic carbocycles. The van der Waals surface area contributed by atoms with Crippen LogP contribution >= 0.6 is 46.1 Å².